The Kier molecular flexibility index (Phi) is 5.11. The maximum atomic E-state index is 11.4. The van der Waals surface area contributed by atoms with E-state index in [1.165, 1.54) is 18.4 Å². The summed E-state index contributed by atoms with van der Waals surface area (Å²) in [6.07, 6.45) is 4.49. The van der Waals surface area contributed by atoms with E-state index in [2.05, 4.69) is 40.1 Å². The highest BCUT2D eigenvalue weighted by atomic mass is 16.1. The van der Waals surface area contributed by atoms with E-state index in [4.69, 9.17) is 5.73 Å². The summed E-state index contributed by atoms with van der Waals surface area (Å²) in [4.78, 5) is 16.5. The molecule has 120 valence electrons. The first-order chi connectivity index (χ1) is 10.7. The van der Waals surface area contributed by atoms with Gasteiger partial charge in [0.05, 0.1) is 5.92 Å². The molecule has 4 nitrogen and oxygen atoms in total. The van der Waals surface area contributed by atoms with Crippen LogP contribution in [-0.4, -0.2) is 47.9 Å². The van der Waals surface area contributed by atoms with Crippen LogP contribution in [0.4, 0.5) is 0 Å². The smallest absolute Gasteiger partial charge is 0.221 e. The third-order valence-electron chi connectivity index (χ3n) is 5.18. The van der Waals surface area contributed by atoms with Crippen LogP contribution < -0.4 is 5.73 Å². The van der Waals surface area contributed by atoms with E-state index in [1.54, 1.807) is 0 Å². The largest absolute Gasteiger partial charge is 0.369 e. The van der Waals surface area contributed by atoms with Gasteiger partial charge in [-0.1, -0.05) is 30.3 Å². The van der Waals surface area contributed by atoms with Crippen LogP contribution in [0.15, 0.2) is 30.3 Å². The Balaban J connectivity index is 1.48. The summed E-state index contributed by atoms with van der Waals surface area (Å²) >= 11 is 0. The molecule has 0 aliphatic carbocycles. The van der Waals surface area contributed by atoms with E-state index in [1.807, 2.05) is 0 Å². The molecule has 0 aromatic heterocycles. The Morgan fingerprint density at radius 1 is 1.09 bits per heavy atom. The van der Waals surface area contributed by atoms with Gasteiger partial charge in [-0.05, 0) is 50.9 Å². The molecular weight excluding hydrogens is 274 g/mol. The zero-order valence-corrected chi connectivity index (χ0v) is 13.3. The second-order valence-corrected chi connectivity index (χ2v) is 6.73. The average Bonchev–Trinajstić information content (AvgIpc) is 2.56. The zero-order valence-electron chi connectivity index (χ0n) is 13.3. The molecule has 2 aliphatic heterocycles. The molecule has 2 heterocycles. The van der Waals surface area contributed by atoms with E-state index >= 15 is 0 Å². The highest BCUT2D eigenvalue weighted by Crippen LogP contribution is 2.24. The van der Waals surface area contributed by atoms with Crippen LogP contribution in [0.1, 0.15) is 31.2 Å². The first kappa shape index (κ1) is 15.5. The molecule has 2 fully saturated rings. The number of nitrogens with two attached hydrogens (primary N) is 1. The molecule has 0 saturated carbocycles. The summed E-state index contributed by atoms with van der Waals surface area (Å²) in [5.74, 6) is -0.0534. The van der Waals surface area contributed by atoms with Gasteiger partial charge in [-0.25, -0.2) is 0 Å². The zero-order chi connectivity index (χ0) is 15.4. The van der Waals surface area contributed by atoms with Gasteiger partial charge in [0.15, 0.2) is 0 Å². The van der Waals surface area contributed by atoms with Crippen LogP contribution in [0.3, 0.4) is 0 Å². The minimum Gasteiger partial charge on any atom is -0.369 e. The molecule has 2 saturated heterocycles. The SMILES string of the molecule is NC(=O)C1CCCN(C2CCN(Cc3ccccc3)CC2)C1. The van der Waals surface area contributed by atoms with Crippen LogP contribution in [0.25, 0.3) is 0 Å². The minimum atomic E-state index is -0.119. The fourth-order valence-electron chi connectivity index (χ4n) is 3.85. The van der Waals surface area contributed by atoms with E-state index in [0.29, 0.717) is 6.04 Å². The molecule has 3 rings (SSSR count). The number of hydrogen-bond acceptors (Lipinski definition) is 3. The summed E-state index contributed by atoms with van der Waals surface area (Å²) in [6, 6.07) is 11.3. The summed E-state index contributed by atoms with van der Waals surface area (Å²) in [7, 11) is 0. The summed E-state index contributed by atoms with van der Waals surface area (Å²) in [6.45, 7) is 5.36. The molecule has 2 N–H and O–H groups in total. The van der Waals surface area contributed by atoms with Gasteiger partial charge in [0, 0.05) is 19.1 Å². The first-order valence-corrected chi connectivity index (χ1v) is 8.52. The molecule has 1 amide bonds. The summed E-state index contributed by atoms with van der Waals surface area (Å²) in [5.41, 5.74) is 6.89. The normalized spacial score (nSPS) is 25.2. The van der Waals surface area contributed by atoms with Crippen molar-refractivity contribution in [2.75, 3.05) is 26.2 Å². The Hall–Kier alpha value is -1.39. The summed E-state index contributed by atoms with van der Waals surface area (Å²) < 4.78 is 0. The van der Waals surface area contributed by atoms with E-state index in [9.17, 15) is 4.79 Å². The number of rotatable bonds is 4. The van der Waals surface area contributed by atoms with Crippen molar-refractivity contribution in [3.05, 3.63) is 35.9 Å². The predicted octanol–water partition coefficient (Wildman–Crippen LogP) is 1.85. The number of likely N-dealkylation sites (tertiary alicyclic amines) is 2. The monoisotopic (exact) mass is 301 g/mol. The van der Waals surface area contributed by atoms with E-state index in [-0.39, 0.29) is 11.8 Å². The Morgan fingerprint density at radius 3 is 2.50 bits per heavy atom. The van der Waals surface area contributed by atoms with Gasteiger partial charge in [-0.3, -0.25) is 14.6 Å². The molecule has 22 heavy (non-hydrogen) atoms. The lowest BCUT2D eigenvalue weighted by atomic mass is 9.93. The van der Waals surface area contributed by atoms with Crippen molar-refractivity contribution in [3.63, 3.8) is 0 Å². The molecule has 1 atom stereocenters. The van der Waals surface area contributed by atoms with Crippen molar-refractivity contribution < 1.29 is 4.79 Å². The van der Waals surface area contributed by atoms with E-state index in [0.717, 1.165) is 45.6 Å². The van der Waals surface area contributed by atoms with Crippen molar-refractivity contribution in [2.24, 2.45) is 11.7 Å². The molecule has 0 spiro atoms. The number of carbonyl (C=O) groups is 1. The van der Waals surface area contributed by atoms with Gasteiger partial charge in [0.2, 0.25) is 5.91 Å². The second kappa shape index (κ2) is 7.25. The average molecular weight is 301 g/mol. The Morgan fingerprint density at radius 2 is 1.82 bits per heavy atom. The van der Waals surface area contributed by atoms with Crippen molar-refractivity contribution in [2.45, 2.75) is 38.3 Å². The van der Waals surface area contributed by atoms with Gasteiger partial charge in [-0.2, -0.15) is 0 Å². The lowest BCUT2D eigenvalue weighted by Crippen LogP contribution is -2.50. The van der Waals surface area contributed by atoms with E-state index < -0.39 is 0 Å². The fourth-order valence-corrected chi connectivity index (χ4v) is 3.85. The van der Waals surface area contributed by atoms with Gasteiger partial charge in [0.1, 0.15) is 0 Å². The van der Waals surface area contributed by atoms with Crippen LogP contribution in [0.5, 0.6) is 0 Å². The number of primary amides is 1. The maximum absolute atomic E-state index is 11.4. The maximum Gasteiger partial charge on any atom is 0.221 e. The third kappa shape index (κ3) is 3.87. The fraction of sp³-hybridized carbons (Fsp3) is 0.611. The Bertz CT molecular complexity index is 482. The predicted molar refractivity (Wildman–Crippen MR) is 88.2 cm³/mol. The van der Waals surface area contributed by atoms with Crippen molar-refractivity contribution >= 4 is 5.91 Å². The molecule has 4 heteroatoms. The number of piperidine rings is 2. The second-order valence-electron chi connectivity index (χ2n) is 6.73. The number of nitrogens with zero attached hydrogens (tertiary/aromatic N) is 2. The van der Waals surface area contributed by atoms with Gasteiger partial charge in [-0.15, -0.1) is 0 Å². The topological polar surface area (TPSA) is 49.6 Å². The number of hydrogen-bond donors (Lipinski definition) is 1. The van der Waals surface area contributed by atoms with Crippen LogP contribution in [-0.2, 0) is 11.3 Å². The van der Waals surface area contributed by atoms with Crippen molar-refractivity contribution in [1.82, 2.24) is 9.80 Å². The molecule has 1 aromatic carbocycles. The molecule has 2 aliphatic rings. The van der Waals surface area contributed by atoms with Crippen molar-refractivity contribution in [1.29, 1.82) is 0 Å². The summed E-state index contributed by atoms with van der Waals surface area (Å²) in [5, 5.41) is 0. The lowest BCUT2D eigenvalue weighted by Gasteiger charge is -2.41. The quantitative estimate of drug-likeness (QED) is 0.923. The van der Waals surface area contributed by atoms with Crippen molar-refractivity contribution in [3.8, 4) is 0 Å². The molecular formula is C18H27N3O. The third-order valence-corrected chi connectivity index (χ3v) is 5.18. The van der Waals surface area contributed by atoms with Crippen LogP contribution >= 0.6 is 0 Å². The molecule has 1 unspecified atom stereocenters. The van der Waals surface area contributed by atoms with Crippen LogP contribution in [0.2, 0.25) is 0 Å². The minimum absolute atomic E-state index is 0.0658. The highest BCUT2D eigenvalue weighted by molar-refractivity contribution is 5.76. The van der Waals surface area contributed by atoms with Crippen LogP contribution in [0, 0.1) is 5.92 Å². The number of amides is 1. The lowest BCUT2D eigenvalue weighted by molar-refractivity contribution is -0.123. The standard InChI is InChI=1S/C18H27N3O/c19-18(22)16-7-4-10-21(14-16)17-8-11-20(12-9-17)13-15-5-2-1-3-6-15/h1-3,5-6,16-17H,4,7-14H2,(H2,19,22). The molecule has 0 bridgehead atoms. The molecule has 0 radical (unpaired) electrons. The Labute approximate surface area is 133 Å². The number of carbonyl (C=O) groups excluding carboxylic acids is 1. The highest BCUT2D eigenvalue weighted by Gasteiger charge is 2.30. The molecule has 1 aromatic rings. The number of benzene rings is 1. The van der Waals surface area contributed by atoms with Gasteiger partial charge < -0.3 is 5.73 Å². The first-order valence-electron chi connectivity index (χ1n) is 8.52. The van der Waals surface area contributed by atoms with Gasteiger partial charge >= 0.3 is 0 Å². The van der Waals surface area contributed by atoms with Gasteiger partial charge in [0.25, 0.3) is 0 Å².